The number of fused-ring (bicyclic) bond motifs is 1. The Balaban J connectivity index is 2.26. The van der Waals surface area contributed by atoms with Crippen LogP contribution in [0.15, 0.2) is 23.8 Å². The smallest absolute Gasteiger partial charge is 0.330 e. The molecule has 1 saturated heterocycles. The van der Waals surface area contributed by atoms with Crippen LogP contribution < -0.4 is 0 Å². The summed E-state index contributed by atoms with van der Waals surface area (Å²) in [6.07, 6.45) is 8.68. The van der Waals surface area contributed by atoms with Crippen LogP contribution in [0.25, 0.3) is 0 Å². The van der Waals surface area contributed by atoms with E-state index in [1.165, 1.54) is 13.0 Å². The lowest BCUT2D eigenvalue weighted by Gasteiger charge is -2.24. The van der Waals surface area contributed by atoms with E-state index in [4.69, 9.17) is 14.2 Å². The fourth-order valence-electron chi connectivity index (χ4n) is 4.71. The van der Waals surface area contributed by atoms with Crippen molar-refractivity contribution in [2.45, 2.75) is 110 Å². The first kappa shape index (κ1) is 26.3. The summed E-state index contributed by atoms with van der Waals surface area (Å²) >= 11 is 0. The molecule has 6 heteroatoms. The average molecular weight is 449 g/mol. The standard InChI is InChI=1S/C26H40O6/c1-7-12-26(6)16-23-21(32-26)10-8-17(2)13-19(4)22(15-20(5)27)30-25(29)14-18(3)9-11-24(28)31-23/h9,11,13,18-19,21-23H,7-8,10,12,14-16H2,1-6H3/b11-9+,17-13+/t18-,19-,21+,22+,23+,26-/m1/s1. The van der Waals surface area contributed by atoms with E-state index in [1.807, 2.05) is 20.8 Å². The number of hydrogen-bond donors (Lipinski definition) is 0. The Kier molecular flexibility index (Phi) is 9.68. The molecule has 0 unspecified atom stereocenters. The summed E-state index contributed by atoms with van der Waals surface area (Å²) in [5.41, 5.74) is 0.849. The van der Waals surface area contributed by atoms with E-state index in [-0.39, 0.29) is 54.2 Å². The number of cyclic esters (lactones) is 1. The molecule has 0 bridgehead atoms. The molecule has 32 heavy (non-hydrogen) atoms. The molecule has 0 saturated carbocycles. The van der Waals surface area contributed by atoms with Gasteiger partial charge in [-0.3, -0.25) is 9.59 Å². The third-order valence-corrected chi connectivity index (χ3v) is 6.31. The molecule has 0 spiro atoms. The van der Waals surface area contributed by atoms with E-state index in [2.05, 4.69) is 19.9 Å². The first-order valence-electron chi connectivity index (χ1n) is 11.9. The third kappa shape index (κ3) is 8.19. The minimum absolute atomic E-state index is 0.0109. The summed E-state index contributed by atoms with van der Waals surface area (Å²) in [4.78, 5) is 36.7. The lowest BCUT2D eigenvalue weighted by atomic mass is 9.93. The lowest BCUT2D eigenvalue weighted by molar-refractivity contribution is -0.152. The highest BCUT2D eigenvalue weighted by molar-refractivity contribution is 5.82. The first-order chi connectivity index (χ1) is 15.0. The van der Waals surface area contributed by atoms with Crippen molar-refractivity contribution in [3.05, 3.63) is 23.8 Å². The quantitative estimate of drug-likeness (QED) is 0.440. The maximum Gasteiger partial charge on any atom is 0.330 e. The number of rotatable bonds is 4. The molecule has 0 aromatic carbocycles. The Morgan fingerprint density at radius 3 is 2.56 bits per heavy atom. The second-order valence-electron chi connectivity index (χ2n) is 9.92. The van der Waals surface area contributed by atoms with Crippen molar-refractivity contribution in [2.75, 3.05) is 0 Å². The minimum atomic E-state index is -0.493. The summed E-state index contributed by atoms with van der Waals surface area (Å²) in [5, 5.41) is 0. The fraction of sp³-hybridized carbons (Fsp3) is 0.731. The highest BCUT2D eigenvalue weighted by Gasteiger charge is 2.44. The van der Waals surface area contributed by atoms with Crippen LogP contribution in [0.2, 0.25) is 0 Å². The maximum atomic E-state index is 12.5. The molecule has 0 aromatic heterocycles. The van der Waals surface area contributed by atoms with Crippen molar-refractivity contribution in [2.24, 2.45) is 11.8 Å². The van der Waals surface area contributed by atoms with Crippen LogP contribution in [0.4, 0.5) is 0 Å². The molecule has 0 radical (unpaired) electrons. The van der Waals surface area contributed by atoms with E-state index in [0.29, 0.717) is 6.42 Å². The summed E-state index contributed by atoms with van der Waals surface area (Å²) in [5.74, 6) is -1.05. The zero-order chi connectivity index (χ0) is 23.9. The zero-order valence-electron chi connectivity index (χ0n) is 20.5. The van der Waals surface area contributed by atoms with E-state index >= 15 is 0 Å². The SMILES string of the molecule is CCC[C@]1(C)C[C@@H]2OC(=O)/C=C/[C@@H](C)CC(=O)O[C@@H](CC(C)=O)[C@H](C)/C=C(\C)CC[C@@H]2O1. The first-order valence-corrected chi connectivity index (χ1v) is 11.9. The molecule has 0 N–H and O–H groups in total. The van der Waals surface area contributed by atoms with Gasteiger partial charge in [0, 0.05) is 24.8 Å². The molecule has 2 aliphatic heterocycles. The summed E-state index contributed by atoms with van der Waals surface area (Å²) in [7, 11) is 0. The van der Waals surface area contributed by atoms with Gasteiger partial charge in [0.05, 0.1) is 18.1 Å². The Labute approximate surface area is 192 Å². The van der Waals surface area contributed by atoms with Gasteiger partial charge in [-0.25, -0.2) is 4.79 Å². The molecular formula is C26H40O6. The second-order valence-corrected chi connectivity index (χ2v) is 9.92. The van der Waals surface area contributed by atoms with E-state index in [0.717, 1.165) is 31.3 Å². The van der Waals surface area contributed by atoms with E-state index in [9.17, 15) is 14.4 Å². The fourth-order valence-corrected chi connectivity index (χ4v) is 4.71. The van der Waals surface area contributed by atoms with Crippen LogP contribution in [0, 0.1) is 11.8 Å². The largest absolute Gasteiger partial charge is 0.461 e. The van der Waals surface area contributed by atoms with Crippen LogP contribution in [-0.2, 0) is 28.6 Å². The topological polar surface area (TPSA) is 78.9 Å². The minimum Gasteiger partial charge on any atom is -0.461 e. The van der Waals surface area contributed by atoms with Crippen molar-refractivity contribution < 1.29 is 28.6 Å². The number of carbonyl (C=O) groups is 3. The van der Waals surface area contributed by atoms with Crippen molar-refractivity contribution in [3.63, 3.8) is 0 Å². The van der Waals surface area contributed by atoms with Crippen molar-refractivity contribution >= 4 is 17.7 Å². The predicted octanol–water partition coefficient (Wildman–Crippen LogP) is 5.10. The third-order valence-electron chi connectivity index (χ3n) is 6.31. The van der Waals surface area contributed by atoms with Gasteiger partial charge in [-0.2, -0.15) is 0 Å². The number of Topliss-reactive ketones (excluding diaryl/α,β-unsaturated/α-hetero) is 1. The number of hydrogen-bond acceptors (Lipinski definition) is 6. The molecule has 0 aliphatic carbocycles. The van der Waals surface area contributed by atoms with Crippen LogP contribution in [0.3, 0.4) is 0 Å². The zero-order valence-corrected chi connectivity index (χ0v) is 20.5. The van der Waals surface area contributed by atoms with Gasteiger partial charge in [-0.15, -0.1) is 0 Å². The van der Waals surface area contributed by atoms with Crippen LogP contribution in [-0.4, -0.2) is 41.6 Å². The average Bonchev–Trinajstić information content (AvgIpc) is 2.98. The Morgan fingerprint density at radius 2 is 1.91 bits per heavy atom. The van der Waals surface area contributed by atoms with Crippen molar-refractivity contribution in [3.8, 4) is 0 Å². The van der Waals surface area contributed by atoms with Gasteiger partial charge >= 0.3 is 11.9 Å². The summed E-state index contributed by atoms with van der Waals surface area (Å²) in [6.45, 7) is 11.6. The molecule has 180 valence electrons. The highest BCUT2D eigenvalue weighted by atomic mass is 16.6. The van der Waals surface area contributed by atoms with Gasteiger partial charge < -0.3 is 14.2 Å². The summed E-state index contributed by atoms with van der Waals surface area (Å²) in [6, 6.07) is 0. The van der Waals surface area contributed by atoms with Gasteiger partial charge in [0.2, 0.25) is 0 Å². The molecule has 2 heterocycles. The molecule has 2 aliphatic rings. The second kappa shape index (κ2) is 11.8. The molecule has 6 atom stereocenters. The lowest BCUT2D eigenvalue weighted by Crippen LogP contribution is -2.28. The Hall–Kier alpha value is -1.95. The van der Waals surface area contributed by atoms with Gasteiger partial charge in [0.1, 0.15) is 18.0 Å². The van der Waals surface area contributed by atoms with E-state index in [1.54, 1.807) is 6.08 Å². The number of esters is 2. The number of ketones is 1. The number of allylic oxidation sites excluding steroid dienone is 2. The normalized spacial score (nSPS) is 37.6. The van der Waals surface area contributed by atoms with Crippen LogP contribution in [0.1, 0.15) is 86.5 Å². The summed E-state index contributed by atoms with van der Waals surface area (Å²) < 4.78 is 17.8. The van der Waals surface area contributed by atoms with E-state index < -0.39 is 12.1 Å². The predicted molar refractivity (Wildman–Crippen MR) is 123 cm³/mol. The highest BCUT2D eigenvalue weighted by Crippen LogP contribution is 2.38. The molecule has 0 aromatic rings. The van der Waals surface area contributed by atoms with Gasteiger partial charge in [0.25, 0.3) is 0 Å². The molecular weight excluding hydrogens is 408 g/mol. The molecule has 0 amide bonds. The van der Waals surface area contributed by atoms with Crippen LogP contribution in [0.5, 0.6) is 0 Å². The van der Waals surface area contributed by atoms with Gasteiger partial charge in [0.15, 0.2) is 0 Å². The molecule has 2 rings (SSSR count). The Bertz CT molecular complexity index is 739. The monoisotopic (exact) mass is 448 g/mol. The van der Waals surface area contributed by atoms with Gasteiger partial charge in [-0.05, 0) is 46.0 Å². The number of ether oxygens (including phenoxy) is 3. The molecule has 6 nitrogen and oxygen atoms in total. The maximum absolute atomic E-state index is 12.5. The van der Waals surface area contributed by atoms with Gasteiger partial charge in [-0.1, -0.05) is 44.9 Å². The number of carbonyl (C=O) groups excluding carboxylic acids is 3. The van der Waals surface area contributed by atoms with Crippen molar-refractivity contribution in [1.29, 1.82) is 0 Å². The van der Waals surface area contributed by atoms with Crippen molar-refractivity contribution in [1.82, 2.24) is 0 Å². The van der Waals surface area contributed by atoms with Crippen LogP contribution >= 0.6 is 0 Å². The molecule has 1 fully saturated rings. The Morgan fingerprint density at radius 1 is 1.19 bits per heavy atom.